The Kier molecular flexibility index (Phi) is 7.29. The van der Waals surface area contributed by atoms with Crippen LogP contribution in [-0.2, 0) is 17.8 Å². The average Bonchev–Trinajstić information content (AvgIpc) is 3.06. The molecule has 0 saturated heterocycles. The average molecular weight is 376 g/mol. The van der Waals surface area contributed by atoms with E-state index in [0.717, 1.165) is 12.8 Å². The van der Waals surface area contributed by atoms with Crippen LogP contribution in [0.1, 0.15) is 60.1 Å². The lowest BCUT2D eigenvalue weighted by atomic mass is 10.0. The van der Waals surface area contributed by atoms with E-state index in [-0.39, 0.29) is 18.0 Å². The first-order valence-electron chi connectivity index (χ1n) is 9.14. The second-order valence-corrected chi connectivity index (χ2v) is 6.78. The Balaban J connectivity index is 2.19. The third-order valence-corrected chi connectivity index (χ3v) is 4.55. The smallest absolute Gasteiger partial charge is 0.349 e. The van der Waals surface area contributed by atoms with Gasteiger partial charge in [-0.1, -0.05) is 20.3 Å². The predicted molar refractivity (Wildman–Crippen MR) is 101 cm³/mol. The van der Waals surface area contributed by atoms with E-state index in [2.05, 4.69) is 17.1 Å². The molecule has 0 aromatic carbocycles. The molecule has 2 heterocycles. The molecule has 0 N–H and O–H groups in total. The van der Waals surface area contributed by atoms with Crippen molar-refractivity contribution in [2.45, 2.75) is 52.6 Å². The summed E-state index contributed by atoms with van der Waals surface area (Å²) >= 11 is 0. The molecule has 0 radical (unpaired) electrons. The summed E-state index contributed by atoms with van der Waals surface area (Å²) in [7, 11) is 3.25. The Morgan fingerprint density at radius 1 is 1.44 bits per heavy atom. The van der Waals surface area contributed by atoms with Crippen molar-refractivity contribution in [2.24, 2.45) is 0 Å². The van der Waals surface area contributed by atoms with Crippen LogP contribution in [0.25, 0.3) is 0 Å². The fraction of sp³-hybridized carbons (Fsp3) is 0.579. The molecule has 0 bridgehead atoms. The number of carbonyl (C=O) groups is 1. The maximum Gasteiger partial charge on any atom is 0.349 e. The normalized spacial score (nSPS) is 12.2. The van der Waals surface area contributed by atoms with Crippen LogP contribution >= 0.6 is 0 Å². The lowest BCUT2D eigenvalue weighted by molar-refractivity contribution is 0.0773. The Hall–Kier alpha value is -2.48. The van der Waals surface area contributed by atoms with Crippen molar-refractivity contribution in [2.75, 3.05) is 20.8 Å². The number of hydrogen-bond acceptors (Lipinski definition) is 6. The number of nitrogens with zero attached hydrogens (tertiary/aromatic N) is 4. The fourth-order valence-electron chi connectivity index (χ4n) is 2.96. The zero-order valence-electron chi connectivity index (χ0n) is 16.7. The Morgan fingerprint density at radius 3 is 2.81 bits per heavy atom. The van der Waals surface area contributed by atoms with Crippen molar-refractivity contribution < 1.29 is 13.9 Å². The number of methoxy groups -OCH3 is 1. The molecule has 2 rings (SSSR count). The molecule has 148 valence electrons. The summed E-state index contributed by atoms with van der Waals surface area (Å²) in [5.74, 6) is 0.996. The van der Waals surface area contributed by atoms with Gasteiger partial charge < -0.3 is 18.6 Å². The van der Waals surface area contributed by atoms with Crippen molar-refractivity contribution in [3.63, 3.8) is 0 Å². The Labute approximate surface area is 159 Å². The monoisotopic (exact) mass is 376 g/mol. The number of aromatic nitrogens is 3. The third kappa shape index (κ3) is 5.03. The molecule has 1 amide bonds. The molecule has 1 atom stereocenters. The fourth-order valence-corrected chi connectivity index (χ4v) is 2.96. The summed E-state index contributed by atoms with van der Waals surface area (Å²) in [4.78, 5) is 26.7. The maximum atomic E-state index is 12.8. The highest BCUT2D eigenvalue weighted by Gasteiger charge is 2.23. The van der Waals surface area contributed by atoms with E-state index in [1.807, 2.05) is 11.5 Å². The summed E-state index contributed by atoms with van der Waals surface area (Å²) in [5, 5.41) is 7.93. The van der Waals surface area contributed by atoms with Crippen molar-refractivity contribution in [3.05, 3.63) is 45.5 Å². The lowest BCUT2D eigenvalue weighted by Crippen LogP contribution is -2.32. The number of aryl methyl sites for hydroxylation is 1. The topological polar surface area (TPSA) is 90.5 Å². The number of carbonyl (C=O) groups excluding carboxylic acids is 1. The highest BCUT2D eigenvalue weighted by atomic mass is 16.5. The molecule has 0 fully saturated rings. The van der Waals surface area contributed by atoms with Gasteiger partial charge in [-0.25, -0.2) is 4.79 Å². The quantitative estimate of drug-likeness (QED) is 0.667. The van der Waals surface area contributed by atoms with Crippen molar-refractivity contribution in [1.29, 1.82) is 0 Å². The van der Waals surface area contributed by atoms with Crippen molar-refractivity contribution in [1.82, 2.24) is 19.7 Å². The number of rotatable bonds is 9. The summed E-state index contributed by atoms with van der Waals surface area (Å²) in [5.41, 5.74) is 0.0976. The maximum absolute atomic E-state index is 12.8. The SMILES string of the molecule is CCCC(C)c1cc(C)c(C(=O)N(C)Cc2nncn2CCOC)c(=O)o1. The van der Waals surface area contributed by atoms with Crippen LogP contribution in [-0.4, -0.2) is 46.3 Å². The van der Waals surface area contributed by atoms with Gasteiger partial charge >= 0.3 is 5.63 Å². The first-order chi connectivity index (χ1) is 12.9. The Bertz CT molecular complexity index is 827. The van der Waals surface area contributed by atoms with Gasteiger partial charge in [0.05, 0.1) is 13.2 Å². The van der Waals surface area contributed by atoms with Crippen LogP contribution in [0, 0.1) is 6.92 Å². The summed E-state index contributed by atoms with van der Waals surface area (Å²) < 4.78 is 12.3. The molecule has 0 aliphatic carbocycles. The lowest BCUT2D eigenvalue weighted by Gasteiger charge is -2.18. The number of ether oxygens (including phenoxy) is 1. The molecule has 8 heteroatoms. The largest absolute Gasteiger partial charge is 0.427 e. The molecule has 2 aromatic heterocycles. The molecule has 8 nitrogen and oxygen atoms in total. The Morgan fingerprint density at radius 2 is 2.19 bits per heavy atom. The molecule has 2 aromatic rings. The van der Waals surface area contributed by atoms with E-state index < -0.39 is 11.5 Å². The first-order valence-corrected chi connectivity index (χ1v) is 9.14. The molecular formula is C19H28N4O4. The van der Waals surface area contributed by atoms with Crippen LogP contribution in [0.15, 0.2) is 21.6 Å². The predicted octanol–water partition coefficient (Wildman–Crippen LogP) is 2.36. The van der Waals surface area contributed by atoms with Crippen molar-refractivity contribution in [3.8, 4) is 0 Å². The summed E-state index contributed by atoms with van der Waals surface area (Å²) in [6.07, 6.45) is 3.51. The van der Waals surface area contributed by atoms with Crippen LogP contribution in [0.3, 0.4) is 0 Å². The summed E-state index contributed by atoms with van der Waals surface area (Å²) in [6.45, 7) is 7.20. The highest BCUT2D eigenvalue weighted by Crippen LogP contribution is 2.21. The van der Waals surface area contributed by atoms with Crippen LogP contribution in [0.2, 0.25) is 0 Å². The second kappa shape index (κ2) is 9.45. The van der Waals surface area contributed by atoms with E-state index in [0.29, 0.717) is 30.3 Å². The van der Waals surface area contributed by atoms with Gasteiger partial charge in [0, 0.05) is 26.6 Å². The third-order valence-electron chi connectivity index (χ3n) is 4.55. The van der Waals surface area contributed by atoms with Gasteiger partial charge in [-0.05, 0) is 25.0 Å². The molecule has 0 aliphatic heterocycles. The first kappa shape index (κ1) is 20.8. The van der Waals surface area contributed by atoms with Crippen molar-refractivity contribution >= 4 is 5.91 Å². The van der Waals surface area contributed by atoms with Gasteiger partial charge in [-0.3, -0.25) is 4.79 Å². The molecule has 27 heavy (non-hydrogen) atoms. The second-order valence-electron chi connectivity index (χ2n) is 6.78. The van der Waals surface area contributed by atoms with E-state index in [1.54, 1.807) is 33.5 Å². The molecular weight excluding hydrogens is 348 g/mol. The van der Waals surface area contributed by atoms with Crippen LogP contribution in [0.4, 0.5) is 0 Å². The van der Waals surface area contributed by atoms with E-state index >= 15 is 0 Å². The van der Waals surface area contributed by atoms with Gasteiger partial charge in [-0.2, -0.15) is 0 Å². The zero-order valence-corrected chi connectivity index (χ0v) is 16.7. The standard InChI is InChI=1S/C19H28N4O4/c1-6-7-13(2)15-10-14(3)17(19(25)27-15)18(24)22(4)11-16-21-20-12-23(16)8-9-26-5/h10,12-13H,6-9,11H2,1-5H3. The minimum Gasteiger partial charge on any atom is -0.427 e. The highest BCUT2D eigenvalue weighted by molar-refractivity contribution is 5.94. The van der Waals surface area contributed by atoms with E-state index in [4.69, 9.17) is 9.15 Å². The van der Waals surface area contributed by atoms with Gasteiger partial charge in [0.15, 0.2) is 5.82 Å². The van der Waals surface area contributed by atoms with Gasteiger partial charge in [0.1, 0.15) is 17.7 Å². The van der Waals surface area contributed by atoms with Gasteiger partial charge in [-0.15, -0.1) is 10.2 Å². The molecule has 0 spiro atoms. The minimum absolute atomic E-state index is 0.0629. The summed E-state index contributed by atoms with van der Waals surface area (Å²) in [6, 6.07) is 1.80. The van der Waals surface area contributed by atoms with Crippen LogP contribution in [0.5, 0.6) is 0 Å². The van der Waals surface area contributed by atoms with E-state index in [9.17, 15) is 9.59 Å². The number of amides is 1. The zero-order chi connectivity index (χ0) is 20.0. The molecule has 0 saturated carbocycles. The molecule has 0 aliphatic rings. The van der Waals surface area contributed by atoms with E-state index in [1.165, 1.54) is 4.90 Å². The molecule has 1 unspecified atom stereocenters. The minimum atomic E-state index is -0.592. The van der Waals surface area contributed by atoms with Gasteiger partial charge in [0.2, 0.25) is 0 Å². The van der Waals surface area contributed by atoms with Gasteiger partial charge in [0.25, 0.3) is 5.91 Å². The van der Waals surface area contributed by atoms with Crippen LogP contribution < -0.4 is 5.63 Å². The number of hydrogen-bond donors (Lipinski definition) is 0.